The fraction of sp³-hybridized carbons (Fsp3) is 0.417. The van der Waals surface area contributed by atoms with E-state index in [1.54, 1.807) is 0 Å². The molecule has 1 atom stereocenters. The molecule has 2 aromatic rings. The summed E-state index contributed by atoms with van der Waals surface area (Å²) in [7, 11) is 0. The van der Waals surface area contributed by atoms with E-state index in [0.717, 1.165) is 19.5 Å². The second-order valence-electron chi connectivity index (χ2n) is 7.43. The van der Waals surface area contributed by atoms with Crippen LogP contribution in [-0.4, -0.2) is 11.4 Å². The van der Waals surface area contributed by atoms with E-state index in [-0.39, 0.29) is 6.04 Å². The minimum atomic E-state index is 0.243. The molecule has 1 aliphatic carbocycles. The Hall–Kier alpha value is -2.04. The topological polar surface area (TPSA) is 3.24 Å². The molecule has 0 N–H and O–H groups in total. The quantitative estimate of drug-likeness (QED) is 0.670. The maximum Gasteiger partial charge on any atom is 0.0976 e. The van der Waals surface area contributed by atoms with Crippen LogP contribution in [0.3, 0.4) is 0 Å². The van der Waals surface area contributed by atoms with Crippen molar-refractivity contribution in [3.63, 3.8) is 0 Å². The SMILES string of the molecule is C(#C[C@@H]1c2ccccc2CCN1Cc1ccccc1)C1CCCCC1. The van der Waals surface area contributed by atoms with Gasteiger partial charge >= 0.3 is 0 Å². The maximum atomic E-state index is 3.69. The highest BCUT2D eigenvalue weighted by atomic mass is 15.2. The number of benzene rings is 2. The molecular formula is C24H27N. The minimum absolute atomic E-state index is 0.243. The average Bonchev–Trinajstić information content (AvgIpc) is 2.68. The zero-order valence-electron chi connectivity index (χ0n) is 15.0. The third kappa shape index (κ3) is 3.97. The molecule has 1 nitrogen and oxygen atoms in total. The standard InChI is InChI=1S/C24H27N/c1-3-9-20(10-4-1)15-16-24-23-14-8-7-13-22(23)17-18-25(24)19-21-11-5-2-6-12-21/h2,5-8,11-14,20,24H,1,3-4,9-10,17-19H2/t24-/m1/s1. The summed E-state index contributed by atoms with van der Waals surface area (Å²) in [6, 6.07) is 20.0. The van der Waals surface area contributed by atoms with E-state index in [1.165, 1.54) is 48.8 Å². The van der Waals surface area contributed by atoms with Crippen LogP contribution < -0.4 is 0 Å². The normalized spacial score (nSPS) is 21.2. The van der Waals surface area contributed by atoms with Crippen LogP contribution >= 0.6 is 0 Å². The molecule has 0 saturated heterocycles. The lowest BCUT2D eigenvalue weighted by Gasteiger charge is -2.34. The lowest BCUT2D eigenvalue weighted by molar-refractivity contribution is 0.216. The molecule has 1 fully saturated rings. The fourth-order valence-electron chi connectivity index (χ4n) is 4.22. The maximum absolute atomic E-state index is 3.69. The fourth-order valence-corrected chi connectivity index (χ4v) is 4.22. The zero-order chi connectivity index (χ0) is 16.9. The number of nitrogens with zero attached hydrogens (tertiary/aromatic N) is 1. The molecule has 2 aromatic carbocycles. The largest absolute Gasteiger partial charge is 0.281 e. The van der Waals surface area contributed by atoms with Crippen LogP contribution in [0.1, 0.15) is 54.8 Å². The van der Waals surface area contributed by atoms with Gasteiger partial charge in [-0.3, -0.25) is 4.90 Å². The van der Waals surface area contributed by atoms with E-state index in [1.807, 2.05) is 0 Å². The molecule has 128 valence electrons. The molecule has 2 aliphatic rings. The van der Waals surface area contributed by atoms with E-state index in [2.05, 4.69) is 71.3 Å². The van der Waals surface area contributed by atoms with E-state index >= 15 is 0 Å². The molecule has 25 heavy (non-hydrogen) atoms. The molecule has 0 amide bonds. The van der Waals surface area contributed by atoms with Gasteiger partial charge in [-0.2, -0.15) is 0 Å². The summed E-state index contributed by atoms with van der Waals surface area (Å²) in [6.07, 6.45) is 7.82. The summed E-state index contributed by atoms with van der Waals surface area (Å²) in [4.78, 5) is 2.56. The molecule has 0 bridgehead atoms. The molecule has 0 aromatic heterocycles. The van der Waals surface area contributed by atoms with Gasteiger partial charge in [-0.05, 0) is 36.0 Å². The Morgan fingerprint density at radius 2 is 1.60 bits per heavy atom. The predicted molar refractivity (Wildman–Crippen MR) is 104 cm³/mol. The van der Waals surface area contributed by atoms with Crippen LogP contribution in [0, 0.1) is 17.8 Å². The van der Waals surface area contributed by atoms with Gasteiger partial charge in [0.25, 0.3) is 0 Å². The van der Waals surface area contributed by atoms with Gasteiger partial charge in [0.2, 0.25) is 0 Å². The Morgan fingerprint density at radius 1 is 0.840 bits per heavy atom. The van der Waals surface area contributed by atoms with Crippen molar-refractivity contribution in [1.29, 1.82) is 0 Å². The third-order valence-corrected chi connectivity index (χ3v) is 5.64. The Labute approximate surface area is 152 Å². The van der Waals surface area contributed by atoms with Crippen LogP contribution in [0.4, 0.5) is 0 Å². The van der Waals surface area contributed by atoms with E-state index < -0.39 is 0 Å². The van der Waals surface area contributed by atoms with Gasteiger partial charge < -0.3 is 0 Å². The summed E-state index contributed by atoms with van der Waals surface area (Å²) >= 11 is 0. The van der Waals surface area contributed by atoms with Crippen molar-refractivity contribution in [3.8, 4) is 11.8 Å². The first-order valence-corrected chi connectivity index (χ1v) is 9.77. The summed E-state index contributed by atoms with van der Waals surface area (Å²) in [6.45, 7) is 2.08. The number of hydrogen-bond acceptors (Lipinski definition) is 1. The van der Waals surface area contributed by atoms with Crippen molar-refractivity contribution in [2.45, 2.75) is 51.1 Å². The molecule has 0 spiro atoms. The highest BCUT2D eigenvalue weighted by molar-refractivity contribution is 5.38. The van der Waals surface area contributed by atoms with Gasteiger partial charge in [-0.1, -0.05) is 85.7 Å². The van der Waals surface area contributed by atoms with Crippen LogP contribution in [-0.2, 0) is 13.0 Å². The van der Waals surface area contributed by atoms with Gasteiger partial charge in [0.15, 0.2) is 0 Å². The van der Waals surface area contributed by atoms with Crippen molar-refractivity contribution in [2.24, 2.45) is 5.92 Å². The number of rotatable bonds is 2. The van der Waals surface area contributed by atoms with Crippen molar-refractivity contribution in [3.05, 3.63) is 71.3 Å². The molecule has 1 saturated carbocycles. The van der Waals surface area contributed by atoms with Crippen LogP contribution in [0.2, 0.25) is 0 Å². The van der Waals surface area contributed by atoms with Gasteiger partial charge in [-0.25, -0.2) is 0 Å². The Kier molecular flexibility index (Phi) is 5.19. The van der Waals surface area contributed by atoms with Gasteiger partial charge in [0.1, 0.15) is 0 Å². The second-order valence-corrected chi connectivity index (χ2v) is 7.43. The van der Waals surface area contributed by atoms with Crippen molar-refractivity contribution < 1.29 is 0 Å². The molecule has 0 radical (unpaired) electrons. The zero-order valence-corrected chi connectivity index (χ0v) is 15.0. The number of hydrogen-bond donors (Lipinski definition) is 0. The summed E-state index contributed by atoms with van der Waals surface area (Å²) in [5.74, 6) is 7.96. The first kappa shape index (κ1) is 16.4. The monoisotopic (exact) mass is 329 g/mol. The molecule has 1 aliphatic heterocycles. The molecule has 1 heterocycles. The summed E-state index contributed by atoms with van der Waals surface area (Å²) < 4.78 is 0. The molecule has 4 rings (SSSR count). The Morgan fingerprint density at radius 3 is 2.44 bits per heavy atom. The van der Waals surface area contributed by atoms with Crippen molar-refractivity contribution in [2.75, 3.05) is 6.54 Å². The van der Waals surface area contributed by atoms with Crippen molar-refractivity contribution >= 4 is 0 Å². The van der Waals surface area contributed by atoms with Gasteiger partial charge in [-0.15, -0.1) is 0 Å². The van der Waals surface area contributed by atoms with E-state index in [4.69, 9.17) is 0 Å². The summed E-state index contributed by atoms with van der Waals surface area (Å²) in [5, 5.41) is 0. The predicted octanol–water partition coefficient (Wildman–Crippen LogP) is 5.37. The minimum Gasteiger partial charge on any atom is -0.281 e. The Balaban J connectivity index is 1.60. The smallest absolute Gasteiger partial charge is 0.0976 e. The molecular weight excluding hydrogens is 302 g/mol. The van der Waals surface area contributed by atoms with E-state index in [9.17, 15) is 0 Å². The first-order chi connectivity index (χ1) is 12.4. The Bertz CT molecular complexity index is 746. The lowest BCUT2D eigenvalue weighted by atomic mass is 9.88. The third-order valence-electron chi connectivity index (χ3n) is 5.64. The van der Waals surface area contributed by atoms with Gasteiger partial charge in [0.05, 0.1) is 6.04 Å². The number of fused-ring (bicyclic) bond motifs is 1. The van der Waals surface area contributed by atoms with Crippen molar-refractivity contribution in [1.82, 2.24) is 4.90 Å². The highest BCUT2D eigenvalue weighted by Gasteiger charge is 2.26. The van der Waals surface area contributed by atoms with Crippen LogP contribution in [0.15, 0.2) is 54.6 Å². The molecule has 0 unspecified atom stereocenters. The first-order valence-electron chi connectivity index (χ1n) is 9.77. The lowest BCUT2D eigenvalue weighted by Crippen LogP contribution is -2.34. The summed E-state index contributed by atoms with van der Waals surface area (Å²) in [5.41, 5.74) is 4.29. The van der Waals surface area contributed by atoms with Crippen LogP contribution in [0.25, 0.3) is 0 Å². The second kappa shape index (κ2) is 7.89. The average molecular weight is 329 g/mol. The van der Waals surface area contributed by atoms with Gasteiger partial charge in [0, 0.05) is 19.0 Å². The molecule has 1 heteroatoms. The van der Waals surface area contributed by atoms with Crippen LogP contribution in [0.5, 0.6) is 0 Å². The highest BCUT2D eigenvalue weighted by Crippen LogP contribution is 2.31. The van der Waals surface area contributed by atoms with E-state index in [0.29, 0.717) is 5.92 Å².